The number of anilines is 1. The molecule has 0 aliphatic rings. The van der Waals surface area contributed by atoms with Crippen molar-refractivity contribution in [3.63, 3.8) is 0 Å². The molecule has 0 aliphatic heterocycles. The number of nitrogens with zero attached hydrogens (tertiary/aromatic N) is 2. The Kier molecular flexibility index (Phi) is 6.58. The van der Waals surface area contributed by atoms with E-state index in [0.717, 1.165) is 25.1 Å². The van der Waals surface area contributed by atoms with E-state index in [0.29, 0.717) is 23.7 Å². The molecular formula is C19H11F8N3O2S. The number of carbonyl (C=O) groups excluding carboxylic acids is 1. The SMILES string of the molecule is CC(Cc1nsc(NC(=O)c2cc(-c3cccc(C(F)(F)F)c3)oc2C(F)(F)F)n1)=C(F)F. The summed E-state index contributed by atoms with van der Waals surface area (Å²) in [7, 11) is 0. The molecule has 2 heterocycles. The second kappa shape index (κ2) is 8.92. The van der Waals surface area contributed by atoms with Crippen molar-refractivity contribution in [1.82, 2.24) is 9.36 Å². The molecule has 33 heavy (non-hydrogen) atoms. The molecule has 1 amide bonds. The van der Waals surface area contributed by atoms with Gasteiger partial charge in [0.2, 0.25) is 10.9 Å². The monoisotopic (exact) mass is 497 g/mol. The number of amides is 1. The molecule has 3 aromatic rings. The zero-order valence-corrected chi connectivity index (χ0v) is 17.1. The van der Waals surface area contributed by atoms with E-state index in [-0.39, 0.29) is 28.5 Å². The summed E-state index contributed by atoms with van der Waals surface area (Å²) in [5.74, 6) is -3.75. The van der Waals surface area contributed by atoms with Gasteiger partial charge in [-0.05, 0) is 30.7 Å². The van der Waals surface area contributed by atoms with Crippen LogP contribution in [-0.2, 0) is 18.8 Å². The van der Waals surface area contributed by atoms with Gasteiger partial charge in [-0.2, -0.15) is 39.5 Å². The number of aromatic nitrogens is 2. The van der Waals surface area contributed by atoms with Crippen LogP contribution < -0.4 is 5.32 Å². The Bertz CT molecular complexity index is 1210. The van der Waals surface area contributed by atoms with E-state index in [1.165, 1.54) is 0 Å². The molecule has 0 bridgehead atoms. The number of benzene rings is 1. The van der Waals surface area contributed by atoms with Gasteiger partial charge in [-0.15, -0.1) is 0 Å². The molecule has 176 valence electrons. The van der Waals surface area contributed by atoms with E-state index < -0.39 is 47.0 Å². The van der Waals surface area contributed by atoms with Crippen LogP contribution in [-0.4, -0.2) is 15.3 Å². The number of hydrogen-bond acceptors (Lipinski definition) is 5. The largest absolute Gasteiger partial charge is 0.451 e. The summed E-state index contributed by atoms with van der Waals surface area (Å²) >= 11 is 0.550. The van der Waals surface area contributed by atoms with E-state index in [2.05, 4.69) is 14.7 Å². The molecule has 5 nitrogen and oxygen atoms in total. The third kappa shape index (κ3) is 5.74. The van der Waals surface area contributed by atoms with Crippen LogP contribution in [0.3, 0.4) is 0 Å². The number of rotatable bonds is 5. The quantitative estimate of drug-likeness (QED) is 0.394. The van der Waals surface area contributed by atoms with Crippen molar-refractivity contribution in [2.24, 2.45) is 0 Å². The summed E-state index contributed by atoms with van der Waals surface area (Å²) in [6.07, 6.45) is -12.2. The molecule has 0 radical (unpaired) electrons. The molecule has 2 aromatic heterocycles. The number of carbonyl (C=O) groups is 1. The first-order valence-electron chi connectivity index (χ1n) is 8.79. The zero-order valence-electron chi connectivity index (χ0n) is 16.2. The van der Waals surface area contributed by atoms with Crippen LogP contribution in [0.15, 0.2) is 46.4 Å². The van der Waals surface area contributed by atoms with Crippen molar-refractivity contribution >= 4 is 22.6 Å². The Morgan fingerprint density at radius 1 is 1.09 bits per heavy atom. The minimum absolute atomic E-state index is 0.0894. The summed E-state index contributed by atoms with van der Waals surface area (Å²) in [5, 5.41) is 1.79. The Labute approximate surface area is 183 Å². The van der Waals surface area contributed by atoms with Gasteiger partial charge in [0, 0.05) is 23.5 Å². The number of allylic oxidation sites excluding steroid dienone is 1. The Hall–Kier alpha value is -3.29. The molecule has 0 atom stereocenters. The summed E-state index contributed by atoms with van der Waals surface area (Å²) < 4.78 is 112. The van der Waals surface area contributed by atoms with Crippen molar-refractivity contribution in [3.05, 3.63) is 64.7 Å². The third-order valence-electron chi connectivity index (χ3n) is 4.14. The normalized spacial score (nSPS) is 12.0. The summed E-state index contributed by atoms with van der Waals surface area (Å²) in [6.45, 7) is 1.13. The fraction of sp³-hybridized carbons (Fsp3) is 0.211. The minimum atomic E-state index is -5.14. The fourth-order valence-corrected chi connectivity index (χ4v) is 3.19. The number of hydrogen-bond donors (Lipinski definition) is 1. The Balaban J connectivity index is 1.92. The third-order valence-corrected chi connectivity index (χ3v) is 4.81. The Morgan fingerprint density at radius 2 is 1.79 bits per heavy atom. The lowest BCUT2D eigenvalue weighted by molar-refractivity contribution is -0.153. The van der Waals surface area contributed by atoms with Gasteiger partial charge < -0.3 is 4.42 Å². The molecule has 3 rings (SSSR count). The van der Waals surface area contributed by atoms with Crippen LogP contribution in [0.5, 0.6) is 0 Å². The van der Waals surface area contributed by atoms with Gasteiger partial charge in [0.25, 0.3) is 12.0 Å². The van der Waals surface area contributed by atoms with Crippen LogP contribution in [0.4, 0.5) is 40.3 Å². The van der Waals surface area contributed by atoms with Gasteiger partial charge in [-0.3, -0.25) is 10.1 Å². The van der Waals surface area contributed by atoms with E-state index in [9.17, 15) is 39.9 Å². The smallest absolute Gasteiger partial charge is 0.450 e. The predicted octanol–water partition coefficient (Wildman–Crippen LogP) is 6.80. The molecule has 1 aromatic carbocycles. The van der Waals surface area contributed by atoms with Crippen molar-refractivity contribution in [1.29, 1.82) is 0 Å². The van der Waals surface area contributed by atoms with Crippen LogP contribution in [0, 0.1) is 0 Å². The predicted molar refractivity (Wildman–Crippen MR) is 101 cm³/mol. The summed E-state index contributed by atoms with van der Waals surface area (Å²) in [6, 6.07) is 4.03. The number of halogens is 8. The maximum Gasteiger partial charge on any atom is 0.450 e. The minimum Gasteiger partial charge on any atom is -0.451 e. The highest BCUT2D eigenvalue weighted by molar-refractivity contribution is 7.09. The Morgan fingerprint density at radius 3 is 2.39 bits per heavy atom. The van der Waals surface area contributed by atoms with Gasteiger partial charge in [0.1, 0.15) is 11.6 Å². The lowest BCUT2D eigenvalue weighted by Crippen LogP contribution is -2.16. The highest BCUT2D eigenvalue weighted by Gasteiger charge is 2.41. The van der Waals surface area contributed by atoms with E-state index in [1.54, 1.807) is 0 Å². The molecule has 0 spiro atoms. The van der Waals surface area contributed by atoms with Crippen molar-refractivity contribution in [2.45, 2.75) is 25.7 Å². The number of nitrogens with one attached hydrogen (secondary N) is 1. The highest BCUT2D eigenvalue weighted by atomic mass is 32.1. The van der Waals surface area contributed by atoms with Gasteiger partial charge in [-0.25, -0.2) is 4.98 Å². The van der Waals surface area contributed by atoms with Gasteiger partial charge in [0.05, 0.1) is 11.1 Å². The summed E-state index contributed by atoms with van der Waals surface area (Å²) in [5.41, 5.74) is -2.78. The average molecular weight is 497 g/mol. The maximum absolute atomic E-state index is 13.4. The summed E-state index contributed by atoms with van der Waals surface area (Å²) in [4.78, 5) is 16.2. The number of alkyl halides is 6. The topological polar surface area (TPSA) is 68.0 Å². The molecule has 0 saturated carbocycles. The first-order chi connectivity index (χ1) is 15.3. The second-order valence-electron chi connectivity index (χ2n) is 6.62. The molecule has 0 aliphatic carbocycles. The molecule has 0 fully saturated rings. The number of furan rings is 1. The lowest BCUT2D eigenvalue weighted by atomic mass is 10.1. The second-order valence-corrected chi connectivity index (χ2v) is 7.37. The van der Waals surface area contributed by atoms with Gasteiger partial charge >= 0.3 is 12.4 Å². The van der Waals surface area contributed by atoms with Crippen molar-refractivity contribution < 1.29 is 44.3 Å². The van der Waals surface area contributed by atoms with Crippen LogP contribution in [0.25, 0.3) is 11.3 Å². The standard InChI is InChI=1S/C19H11F8N3O2S/c1-8(15(20)21)5-13-28-17(33-30-13)29-16(31)11-7-12(32-14(11)19(25,26)27)9-3-2-4-10(6-9)18(22,23)24/h2-4,6-7H,5H2,1H3,(H,28,29,30,31). The molecule has 0 unspecified atom stereocenters. The van der Waals surface area contributed by atoms with Crippen molar-refractivity contribution in [2.75, 3.05) is 5.32 Å². The lowest BCUT2D eigenvalue weighted by Gasteiger charge is -2.07. The molecular weight excluding hydrogens is 486 g/mol. The molecule has 1 N–H and O–H groups in total. The van der Waals surface area contributed by atoms with Crippen LogP contribution in [0.1, 0.15) is 34.4 Å². The zero-order chi connectivity index (χ0) is 24.6. The van der Waals surface area contributed by atoms with Crippen molar-refractivity contribution in [3.8, 4) is 11.3 Å². The maximum atomic E-state index is 13.4. The van der Waals surface area contributed by atoms with Gasteiger partial charge in [0.15, 0.2) is 0 Å². The van der Waals surface area contributed by atoms with Gasteiger partial charge in [-0.1, -0.05) is 12.1 Å². The molecule has 14 heteroatoms. The molecule has 0 saturated heterocycles. The average Bonchev–Trinajstić information content (AvgIpc) is 3.34. The first kappa shape index (κ1) is 24.4. The fourth-order valence-electron chi connectivity index (χ4n) is 2.61. The van der Waals surface area contributed by atoms with E-state index >= 15 is 0 Å². The van der Waals surface area contributed by atoms with Crippen LogP contribution in [0.2, 0.25) is 0 Å². The van der Waals surface area contributed by atoms with E-state index in [1.807, 2.05) is 0 Å². The first-order valence-corrected chi connectivity index (χ1v) is 9.56. The van der Waals surface area contributed by atoms with Crippen LogP contribution >= 0.6 is 11.5 Å². The highest BCUT2D eigenvalue weighted by Crippen LogP contribution is 2.39. The van der Waals surface area contributed by atoms with E-state index in [4.69, 9.17) is 4.42 Å².